The number of rotatable bonds is 3. The second-order valence-corrected chi connectivity index (χ2v) is 7.61. The molecule has 1 aliphatic rings. The largest absolute Gasteiger partial charge is 0.444 e. The van der Waals surface area contributed by atoms with Crippen molar-refractivity contribution in [3.63, 3.8) is 0 Å². The summed E-state index contributed by atoms with van der Waals surface area (Å²) in [5, 5.41) is 9.86. The minimum Gasteiger partial charge on any atom is -0.444 e. The van der Waals surface area contributed by atoms with Crippen molar-refractivity contribution in [2.24, 2.45) is 0 Å². The van der Waals surface area contributed by atoms with Gasteiger partial charge in [-0.25, -0.2) is 9.78 Å². The van der Waals surface area contributed by atoms with Crippen LogP contribution >= 0.6 is 11.8 Å². The fraction of sp³-hybridized carbons (Fsp3) is 0.588. The quantitative estimate of drug-likeness (QED) is 0.786. The summed E-state index contributed by atoms with van der Waals surface area (Å²) in [6, 6.07) is 5.81. The van der Waals surface area contributed by atoms with Crippen LogP contribution in [0.1, 0.15) is 45.6 Å². The number of hydrogen-bond acceptors (Lipinski definition) is 5. The first-order chi connectivity index (χ1) is 10.9. The number of thioether (sulfide) groups is 1. The van der Waals surface area contributed by atoms with Gasteiger partial charge < -0.3 is 9.64 Å². The van der Waals surface area contributed by atoms with Crippen LogP contribution in [0.2, 0.25) is 0 Å². The van der Waals surface area contributed by atoms with Crippen LogP contribution in [-0.4, -0.2) is 39.9 Å². The molecular formula is C17H23N3O2S. The van der Waals surface area contributed by atoms with Crippen molar-refractivity contribution in [2.45, 2.75) is 56.7 Å². The molecule has 0 saturated carbocycles. The zero-order valence-electron chi connectivity index (χ0n) is 13.9. The molecule has 2 heterocycles. The minimum atomic E-state index is -0.485. The summed E-state index contributed by atoms with van der Waals surface area (Å²) in [5.41, 5.74) is 0.0957. The van der Waals surface area contributed by atoms with Crippen molar-refractivity contribution >= 4 is 17.9 Å². The van der Waals surface area contributed by atoms with Gasteiger partial charge in [-0.15, -0.1) is 11.8 Å². The Bertz CT molecular complexity index is 592. The van der Waals surface area contributed by atoms with Gasteiger partial charge in [-0.3, -0.25) is 0 Å². The third-order valence-electron chi connectivity index (χ3n) is 3.56. The smallest absolute Gasteiger partial charge is 0.410 e. The normalized spacial score (nSPS) is 18.3. The fourth-order valence-electron chi connectivity index (χ4n) is 2.50. The fourth-order valence-corrected chi connectivity index (χ4v) is 3.60. The van der Waals surface area contributed by atoms with Crippen molar-refractivity contribution in [3.8, 4) is 6.07 Å². The average molecular weight is 333 g/mol. The van der Waals surface area contributed by atoms with Gasteiger partial charge in [0.15, 0.2) is 0 Å². The first kappa shape index (κ1) is 17.6. The SMILES string of the molecule is CC(C)(C)OC(=O)N1CCCCC1CSc1ncccc1C#N. The maximum absolute atomic E-state index is 12.4. The number of likely N-dealkylation sites (tertiary alicyclic amines) is 1. The van der Waals surface area contributed by atoms with Crippen LogP contribution in [-0.2, 0) is 4.74 Å². The maximum Gasteiger partial charge on any atom is 0.410 e. The van der Waals surface area contributed by atoms with Crippen LogP contribution in [0.25, 0.3) is 0 Å². The van der Waals surface area contributed by atoms with Crippen molar-refractivity contribution in [2.75, 3.05) is 12.3 Å². The molecule has 0 spiro atoms. The molecule has 1 fully saturated rings. The van der Waals surface area contributed by atoms with E-state index in [2.05, 4.69) is 11.1 Å². The molecule has 6 heteroatoms. The lowest BCUT2D eigenvalue weighted by Crippen LogP contribution is -2.47. The summed E-state index contributed by atoms with van der Waals surface area (Å²) in [6.07, 6.45) is 4.52. The lowest BCUT2D eigenvalue weighted by atomic mass is 10.0. The second kappa shape index (κ2) is 7.69. The van der Waals surface area contributed by atoms with Crippen molar-refractivity contribution < 1.29 is 9.53 Å². The number of hydrogen-bond donors (Lipinski definition) is 0. The first-order valence-corrected chi connectivity index (χ1v) is 8.87. The number of carbonyl (C=O) groups excluding carboxylic acids is 1. The molecule has 124 valence electrons. The van der Waals surface area contributed by atoms with E-state index in [-0.39, 0.29) is 12.1 Å². The first-order valence-electron chi connectivity index (χ1n) is 7.88. The highest BCUT2D eigenvalue weighted by Gasteiger charge is 2.30. The molecule has 5 nitrogen and oxygen atoms in total. The molecule has 0 radical (unpaired) electrons. The van der Waals surface area contributed by atoms with Gasteiger partial charge in [-0.2, -0.15) is 5.26 Å². The Morgan fingerprint density at radius 1 is 1.52 bits per heavy atom. The van der Waals surface area contributed by atoms with E-state index < -0.39 is 5.60 Å². The Balaban J connectivity index is 2.01. The molecule has 0 bridgehead atoms. The number of nitriles is 1. The Hall–Kier alpha value is -1.74. The Labute approximate surface area is 142 Å². The van der Waals surface area contributed by atoms with Gasteiger partial charge in [-0.05, 0) is 52.2 Å². The van der Waals surface area contributed by atoms with Gasteiger partial charge in [0.1, 0.15) is 16.7 Å². The standard InChI is InChI=1S/C17H23N3O2S/c1-17(2,3)22-16(21)20-10-5-4-8-14(20)12-23-15-13(11-18)7-6-9-19-15/h6-7,9,14H,4-5,8,10,12H2,1-3H3. The van der Waals surface area contributed by atoms with E-state index in [1.165, 1.54) is 11.8 Å². The minimum absolute atomic E-state index is 0.122. The second-order valence-electron chi connectivity index (χ2n) is 6.60. The highest BCUT2D eigenvalue weighted by Crippen LogP contribution is 2.27. The van der Waals surface area contributed by atoms with E-state index in [0.717, 1.165) is 36.6 Å². The molecule has 1 unspecified atom stereocenters. The number of nitrogens with zero attached hydrogens (tertiary/aromatic N) is 3. The van der Waals surface area contributed by atoms with E-state index in [1.807, 2.05) is 25.7 Å². The number of carbonyl (C=O) groups is 1. The van der Waals surface area contributed by atoms with Crippen LogP contribution < -0.4 is 0 Å². The number of piperidine rings is 1. The third kappa shape index (κ3) is 5.14. The van der Waals surface area contributed by atoms with Gasteiger partial charge >= 0.3 is 6.09 Å². The van der Waals surface area contributed by atoms with Crippen molar-refractivity contribution in [1.82, 2.24) is 9.88 Å². The highest BCUT2D eigenvalue weighted by molar-refractivity contribution is 7.99. The summed E-state index contributed by atoms with van der Waals surface area (Å²) in [6.45, 7) is 6.37. The molecule has 1 aromatic rings. The molecule has 0 aliphatic carbocycles. The molecular weight excluding hydrogens is 310 g/mol. The number of amides is 1. The molecule has 1 aliphatic heterocycles. The maximum atomic E-state index is 12.4. The zero-order chi connectivity index (χ0) is 16.9. The summed E-state index contributed by atoms with van der Waals surface area (Å²) >= 11 is 1.53. The zero-order valence-corrected chi connectivity index (χ0v) is 14.7. The average Bonchev–Trinajstić information content (AvgIpc) is 2.51. The van der Waals surface area contributed by atoms with Crippen molar-refractivity contribution in [1.29, 1.82) is 5.26 Å². The Morgan fingerprint density at radius 2 is 2.30 bits per heavy atom. The lowest BCUT2D eigenvalue weighted by Gasteiger charge is -2.36. The number of pyridine rings is 1. The van der Waals surface area contributed by atoms with E-state index >= 15 is 0 Å². The summed E-state index contributed by atoms with van der Waals surface area (Å²) in [7, 11) is 0. The predicted molar refractivity (Wildman–Crippen MR) is 90.3 cm³/mol. The number of aromatic nitrogens is 1. The summed E-state index contributed by atoms with van der Waals surface area (Å²) in [4.78, 5) is 18.5. The van der Waals surface area contributed by atoms with Gasteiger partial charge in [-0.1, -0.05) is 0 Å². The molecule has 1 saturated heterocycles. The topological polar surface area (TPSA) is 66.2 Å². The van der Waals surface area contributed by atoms with Crippen LogP contribution in [0.15, 0.2) is 23.4 Å². The Morgan fingerprint density at radius 3 is 3.00 bits per heavy atom. The van der Waals surface area contributed by atoms with Crippen molar-refractivity contribution in [3.05, 3.63) is 23.9 Å². The monoisotopic (exact) mass is 333 g/mol. The number of ether oxygens (including phenoxy) is 1. The third-order valence-corrected chi connectivity index (χ3v) is 4.71. The lowest BCUT2D eigenvalue weighted by molar-refractivity contribution is 0.0126. The summed E-state index contributed by atoms with van der Waals surface area (Å²) < 4.78 is 5.51. The van der Waals surface area contributed by atoms with Gasteiger partial charge in [0.05, 0.1) is 5.56 Å². The van der Waals surface area contributed by atoms with Crippen LogP contribution in [0.5, 0.6) is 0 Å². The molecule has 23 heavy (non-hydrogen) atoms. The van der Waals surface area contributed by atoms with Crippen LogP contribution in [0.3, 0.4) is 0 Å². The van der Waals surface area contributed by atoms with E-state index in [4.69, 9.17) is 10.00 Å². The molecule has 0 aromatic carbocycles. The molecule has 1 atom stereocenters. The summed E-state index contributed by atoms with van der Waals surface area (Å²) in [5.74, 6) is 0.727. The van der Waals surface area contributed by atoms with Crippen LogP contribution in [0.4, 0.5) is 4.79 Å². The van der Waals surface area contributed by atoms with Gasteiger partial charge in [0, 0.05) is 24.5 Å². The molecule has 1 amide bonds. The van der Waals surface area contributed by atoms with Crippen LogP contribution in [0, 0.1) is 11.3 Å². The van der Waals surface area contributed by atoms with E-state index in [9.17, 15) is 4.79 Å². The molecule has 0 N–H and O–H groups in total. The van der Waals surface area contributed by atoms with E-state index in [0.29, 0.717) is 5.56 Å². The van der Waals surface area contributed by atoms with E-state index in [1.54, 1.807) is 18.3 Å². The Kier molecular flexibility index (Phi) is 5.89. The highest BCUT2D eigenvalue weighted by atomic mass is 32.2. The molecule has 1 aromatic heterocycles. The van der Waals surface area contributed by atoms with Gasteiger partial charge in [0.2, 0.25) is 0 Å². The van der Waals surface area contributed by atoms with Gasteiger partial charge in [0.25, 0.3) is 0 Å². The predicted octanol–water partition coefficient (Wildman–Crippen LogP) is 3.83. The molecule has 2 rings (SSSR count).